The van der Waals surface area contributed by atoms with Gasteiger partial charge in [0.05, 0.1) is 18.2 Å². The van der Waals surface area contributed by atoms with Crippen molar-refractivity contribution in [2.24, 2.45) is 4.99 Å². The van der Waals surface area contributed by atoms with Gasteiger partial charge in [0.25, 0.3) is 0 Å². The minimum absolute atomic E-state index is 0.0169. The zero-order valence-corrected chi connectivity index (χ0v) is 23.6. The number of ether oxygens (including phenoxy) is 3. The molecule has 0 unspecified atom stereocenters. The van der Waals surface area contributed by atoms with Crippen molar-refractivity contribution in [3.8, 4) is 17.2 Å². The summed E-state index contributed by atoms with van der Waals surface area (Å²) >= 11 is 0. The predicted molar refractivity (Wildman–Crippen MR) is 151 cm³/mol. The molecule has 5 atom stereocenters. The number of fused-ring (bicyclic) bond motifs is 2. The monoisotopic (exact) mass is 595 g/mol. The molecule has 0 saturated carbocycles. The number of phenolic OH excluding ortho intramolecular Hbond substituents is 1. The summed E-state index contributed by atoms with van der Waals surface area (Å²) in [5.74, 6) is -2.33. The molecule has 5 rings (SSSR count). The second-order valence-electron chi connectivity index (χ2n) is 10.8. The zero-order valence-electron chi connectivity index (χ0n) is 23.6. The molecule has 0 spiro atoms. The lowest BCUT2D eigenvalue weighted by atomic mass is 9.78. The Balaban J connectivity index is 1.73. The molecule has 12 heteroatoms. The first-order valence-corrected chi connectivity index (χ1v) is 14.0. The van der Waals surface area contributed by atoms with Crippen molar-refractivity contribution in [1.82, 2.24) is 0 Å². The van der Waals surface area contributed by atoms with Crippen LogP contribution in [0.3, 0.4) is 0 Å². The minimum atomic E-state index is -1.70. The highest BCUT2D eigenvalue weighted by Gasteiger charge is 2.45. The van der Waals surface area contributed by atoms with Gasteiger partial charge in [-0.15, -0.1) is 0 Å². The Morgan fingerprint density at radius 3 is 2.44 bits per heavy atom. The lowest BCUT2D eigenvalue weighted by Gasteiger charge is -2.39. The van der Waals surface area contributed by atoms with Crippen LogP contribution >= 0.6 is 0 Å². The van der Waals surface area contributed by atoms with Crippen molar-refractivity contribution in [1.29, 1.82) is 0 Å². The Labute approximate surface area is 246 Å². The Bertz CT molecular complexity index is 1530. The van der Waals surface area contributed by atoms with Gasteiger partial charge in [-0.1, -0.05) is 6.08 Å². The maximum atomic E-state index is 14.2. The summed E-state index contributed by atoms with van der Waals surface area (Å²) in [6.45, 7) is 2.97. The van der Waals surface area contributed by atoms with Crippen molar-refractivity contribution in [2.45, 2.75) is 70.2 Å². The quantitative estimate of drug-likeness (QED) is 0.135. The van der Waals surface area contributed by atoms with E-state index >= 15 is 0 Å². The maximum absolute atomic E-state index is 14.2. The minimum Gasteiger partial charge on any atom is -0.507 e. The second-order valence-corrected chi connectivity index (χ2v) is 10.8. The first kappa shape index (κ1) is 30.5. The van der Waals surface area contributed by atoms with Gasteiger partial charge in [-0.3, -0.25) is 19.4 Å². The molecular weight excluding hydrogens is 562 g/mol. The van der Waals surface area contributed by atoms with E-state index in [-0.39, 0.29) is 64.3 Å². The third-order valence-electron chi connectivity index (χ3n) is 7.79. The summed E-state index contributed by atoms with van der Waals surface area (Å²) in [4.78, 5) is 43.8. The number of unbranched alkanes of at least 4 members (excludes halogenated alkanes) is 1. The summed E-state index contributed by atoms with van der Waals surface area (Å²) in [7, 11) is 0. The number of nitrogens with zero attached hydrogens (tertiary/aromatic N) is 1. The molecule has 2 aromatic rings. The number of esters is 1. The van der Waals surface area contributed by atoms with Crippen molar-refractivity contribution in [3.63, 3.8) is 0 Å². The average Bonchev–Trinajstić information content (AvgIpc) is 3.49. The summed E-state index contributed by atoms with van der Waals surface area (Å²) in [6, 6.07) is 4.04. The van der Waals surface area contributed by atoms with Crippen LogP contribution in [0, 0.1) is 0 Å². The smallest absolute Gasteiger partial charge is 0.308 e. The SMILES string of the molecule is CC(=O)Oc1ccc2c(c1)C(=O)c1c(CC3=CCN=C3)c(O[C@H]3O[C@H](C)[C@@H](O)[C@@H](O)[C@H]3O)c(CCCCO)c(O)c1C2=O. The van der Waals surface area contributed by atoms with Crippen molar-refractivity contribution in [3.05, 3.63) is 63.2 Å². The molecule has 0 bridgehead atoms. The fourth-order valence-electron chi connectivity index (χ4n) is 5.60. The number of allylic oxidation sites excluding steroid dienone is 1. The number of rotatable bonds is 9. The largest absolute Gasteiger partial charge is 0.507 e. The number of hydrogen-bond acceptors (Lipinski definition) is 12. The third kappa shape index (κ3) is 5.71. The Morgan fingerprint density at radius 2 is 1.77 bits per heavy atom. The number of hydrogen-bond donors (Lipinski definition) is 5. The Kier molecular flexibility index (Phi) is 8.76. The number of aliphatic imine (C=N–C) groups is 1. The van der Waals surface area contributed by atoms with Gasteiger partial charge in [0.15, 0.2) is 11.6 Å². The van der Waals surface area contributed by atoms with Gasteiger partial charge >= 0.3 is 5.97 Å². The summed E-state index contributed by atoms with van der Waals surface area (Å²) < 4.78 is 17.0. The molecule has 2 aromatic carbocycles. The third-order valence-corrected chi connectivity index (χ3v) is 7.79. The molecule has 2 heterocycles. The molecular formula is C31H33NO11. The van der Waals surface area contributed by atoms with Crippen LogP contribution in [0.25, 0.3) is 0 Å². The van der Waals surface area contributed by atoms with Gasteiger partial charge in [-0.25, -0.2) is 0 Å². The summed E-state index contributed by atoms with van der Waals surface area (Å²) in [5.41, 5.74) is 0.710. The van der Waals surface area contributed by atoms with Crippen LogP contribution in [0.1, 0.15) is 69.7 Å². The van der Waals surface area contributed by atoms with E-state index in [4.69, 9.17) is 14.2 Å². The highest BCUT2D eigenvalue weighted by molar-refractivity contribution is 6.30. The molecule has 0 amide bonds. The fraction of sp³-hybridized carbons (Fsp3) is 0.419. The summed E-state index contributed by atoms with van der Waals surface area (Å²) in [5, 5.41) is 52.4. The molecule has 43 heavy (non-hydrogen) atoms. The number of ketones is 2. The number of carbonyl (C=O) groups is 3. The molecule has 228 valence electrons. The first-order chi connectivity index (χ1) is 20.5. The molecule has 1 fully saturated rings. The van der Waals surface area contributed by atoms with E-state index in [2.05, 4.69) is 4.99 Å². The lowest BCUT2D eigenvalue weighted by Crippen LogP contribution is -2.58. The van der Waals surface area contributed by atoms with E-state index < -0.39 is 54.0 Å². The molecule has 3 aliphatic rings. The number of aliphatic hydroxyl groups excluding tert-OH is 4. The van der Waals surface area contributed by atoms with Crippen LogP contribution in [0.15, 0.2) is 34.8 Å². The molecule has 12 nitrogen and oxygen atoms in total. The zero-order chi connectivity index (χ0) is 31.0. The van der Waals surface area contributed by atoms with Gasteiger partial charge < -0.3 is 39.7 Å². The van der Waals surface area contributed by atoms with E-state index in [0.29, 0.717) is 25.0 Å². The van der Waals surface area contributed by atoms with E-state index in [1.165, 1.54) is 32.0 Å². The van der Waals surface area contributed by atoms with Gasteiger partial charge in [-0.2, -0.15) is 0 Å². The van der Waals surface area contributed by atoms with Gasteiger partial charge in [-0.05, 0) is 50.0 Å². The normalized spacial score (nSPS) is 24.4. The molecule has 2 aliphatic heterocycles. The number of aromatic hydroxyl groups is 1. The average molecular weight is 596 g/mol. The number of aliphatic hydroxyl groups is 4. The highest BCUT2D eigenvalue weighted by atomic mass is 16.7. The topological polar surface area (TPSA) is 192 Å². The second kappa shape index (κ2) is 12.3. The van der Waals surface area contributed by atoms with Crippen molar-refractivity contribution < 1.29 is 54.1 Å². The van der Waals surface area contributed by atoms with Crippen LogP contribution in [-0.4, -0.2) is 93.1 Å². The van der Waals surface area contributed by atoms with Crippen LogP contribution in [0.5, 0.6) is 17.2 Å². The predicted octanol–water partition coefficient (Wildman–Crippen LogP) is 1.17. The number of carbonyl (C=O) groups excluding carboxylic acids is 3. The van der Waals surface area contributed by atoms with E-state index in [0.717, 1.165) is 0 Å². The van der Waals surface area contributed by atoms with Crippen LogP contribution in [0.4, 0.5) is 0 Å². The number of phenols is 1. The van der Waals surface area contributed by atoms with Crippen LogP contribution < -0.4 is 9.47 Å². The first-order valence-electron chi connectivity index (χ1n) is 14.0. The molecule has 0 aromatic heterocycles. The molecule has 1 saturated heterocycles. The number of benzene rings is 2. The van der Waals surface area contributed by atoms with Crippen LogP contribution in [0.2, 0.25) is 0 Å². The Hall–Kier alpha value is -3.94. The van der Waals surface area contributed by atoms with Crippen molar-refractivity contribution >= 4 is 23.8 Å². The fourth-order valence-corrected chi connectivity index (χ4v) is 5.60. The molecule has 0 radical (unpaired) electrons. The standard InChI is InChI=1S/C31H33NO11/c1-14-24(35)28(39)29(40)31(41-14)43-30-19(5-3-4-10-33)26(37)23-22(21(30)11-16-8-9-32-13-16)27(38)20-12-17(42-15(2)34)6-7-18(20)25(23)36/h6-8,12-14,24,28-29,31,33,35,37,39-40H,3-5,9-11H2,1-2H3/t14-,24-,28-,29-,31-/m1/s1. The van der Waals surface area contributed by atoms with E-state index in [1.54, 1.807) is 6.21 Å². The highest BCUT2D eigenvalue weighted by Crippen LogP contribution is 2.46. The van der Waals surface area contributed by atoms with Crippen LogP contribution in [-0.2, 0) is 22.4 Å². The van der Waals surface area contributed by atoms with Gasteiger partial charge in [0.2, 0.25) is 6.29 Å². The molecule has 1 aliphatic carbocycles. The Morgan fingerprint density at radius 1 is 1.02 bits per heavy atom. The molecule has 5 N–H and O–H groups in total. The summed E-state index contributed by atoms with van der Waals surface area (Å²) in [6.07, 6.45) is -2.79. The van der Waals surface area contributed by atoms with Gasteiger partial charge in [0.1, 0.15) is 35.6 Å². The van der Waals surface area contributed by atoms with Crippen molar-refractivity contribution in [2.75, 3.05) is 13.2 Å². The maximum Gasteiger partial charge on any atom is 0.308 e. The lowest BCUT2D eigenvalue weighted by molar-refractivity contribution is -0.268. The van der Waals surface area contributed by atoms with E-state index in [9.17, 15) is 39.9 Å². The van der Waals surface area contributed by atoms with E-state index in [1.807, 2.05) is 6.08 Å². The van der Waals surface area contributed by atoms with Gasteiger partial charge in [0, 0.05) is 54.0 Å².